The van der Waals surface area contributed by atoms with Crippen LogP contribution in [0.4, 0.5) is 0 Å². The standard InChI is InChI=1S/C47H58N2O8S2/c1-28(2)36-24-40(30(5)6)46-42(26-36)32(9)22-44(48-56-58(46,50)51)34-12-16-38(17-13-34)54-20-11-21-55-39-18-14-35(15-19-39)45-23-33(10)43-27-37(29(3)4)25-41(31(7)8)47(43)59(52,53)57-49-45/h12-19,24-33H,11,20-23H2,1-10H3/b48-44+,49-45+. The Morgan fingerprint density at radius 1 is 0.559 bits per heavy atom. The number of hydrogen-bond acceptors (Lipinski definition) is 10. The third kappa shape index (κ3) is 9.86. The molecule has 59 heavy (non-hydrogen) atoms. The van der Waals surface area contributed by atoms with Gasteiger partial charge in [-0.05, 0) is 129 Å². The van der Waals surface area contributed by atoms with Crippen LogP contribution in [-0.4, -0.2) is 41.5 Å². The van der Waals surface area contributed by atoms with Crippen LogP contribution in [-0.2, 0) is 28.8 Å². The largest absolute Gasteiger partial charge is 0.493 e. The molecule has 0 saturated heterocycles. The second kappa shape index (κ2) is 17.9. The highest BCUT2D eigenvalue weighted by Crippen LogP contribution is 2.41. The second-order valence-corrected chi connectivity index (χ2v) is 20.0. The Morgan fingerprint density at radius 3 is 1.24 bits per heavy atom. The van der Waals surface area contributed by atoms with E-state index in [-0.39, 0.29) is 45.3 Å². The molecule has 0 aromatic heterocycles. The van der Waals surface area contributed by atoms with Gasteiger partial charge in [-0.1, -0.05) is 104 Å². The molecular formula is C47H58N2O8S2. The molecule has 0 aliphatic carbocycles. The van der Waals surface area contributed by atoms with Gasteiger partial charge in [0.05, 0.1) is 24.6 Å². The Bertz CT molecular complexity index is 2260. The van der Waals surface area contributed by atoms with E-state index in [2.05, 4.69) is 38.0 Å². The molecule has 0 N–H and O–H groups in total. The van der Waals surface area contributed by atoms with Crippen molar-refractivity contribution in [3.05, 3.63) is 117 Å². The molecule has 2 unspecified atom stereocenters. The lowest BCUT2D eigenvalue weighted by atomic mass is 9.86. The number of hydrogen-bond donors (Lipinski definition) is 0. The lowest BCUT2D eigenvalue weighted by molar-refractivity contribution is 0.247. The summed E-state index contributed by atoms with van der Waals surface area (Å²) in [5, 5.41) is 8.33. The van der Waals surface area contributed by atoms with E-state index in [0.717, 1.165) is 44.5 Å². The van der Waals surface area contributed by atoms with E-state index < -0.39 is 20.2 Å². The van der Waals surface area contributed by atoms with Gasteiger partial charge in [0, 0.05) is 19.3 Å². The Hall–Kier alpha value is -4.68. The van der Waals surface area contributed by atoms with Gasteiger partial charge in [-0.3, -0.25) is 8.57 Å². The molecular weight excluding hydrogens is 785 g/mol. The average molecular weight is 843 g/mol. The average Bonchev–Trinajstić information content (AvgIpc) is 3.19. The van der Waals surface area contributed by atoms with Crippen LogP contribution in [0.5, 0.6) is 11.5 Å². The van der Waals surface area contributed by atoms with Crippen molar-refractivity contribution in [2.24, 2.45) is 10.3 Å². The van der Waals surface area contributed by atoms with Crippen LogP contribution in [0.15, 0.2) is 92.9 Å². The van der Waals surface area contributed by atoms with E-state index in [1.54, 1.807) is 0 Å². The van der Waals surface area contributed by atoms with Crippen LogP contribution in [0.2, 0.25) is 0 Å². The maximum Gasteiger partial charge on any atom is 0.359 e. The molecule has 0 spiro atoms. The first-order valence-corrected chi connectivity index (χ1v) is 23.5. The third-order valence-corrected chi connectivity index (χ3v) is 13.7. The number of fused-ring (bicyclic) bond motifs is 2. The summed E-state index contributed by atoms with van der Waals surface area (Å²) >= 11 is 0. The number of oxime groups is 2. The number of rotatable bonds is 12. The second-order valence-electron chi connectivity index (χ2n) is 17.1. The highest BCUT2D eigenvalue weighted by molar-refractivity contribution is 7.87. The zero-order valence-electron chi connectivity index (χ0n) is 35.9. The molecule has 6 rings (SSSR count). The predicted octanol–water partition coefficient (Wildman–Crippen LogP) is 11.3. The van der Waals surface area contributed by atoms with Gasteiger partial charge < -0.3 is 9.47 Å². The molecule has 0 fully saturated rings. The Kier molecular flexibility index (Phi) is 13.3. The van der Waals surface area contributed by atoms with Crippen molar-refractivity contribution in [1.82, 2.24) is 0 Å². The maximum atomic E-state index is 13.5. The molecule has 0 bridgehead atoms. The predicted molar refractivity (Wildman–Crippen MR) is 233 cm³/mol. The van der Waals surface area contributed by atoms with Crippen molar-refractivity contribution in [3.8, 4) is 11.5 Å². The molecule has 10 nitrogen and oxygen atoms in total. The van der Waals surface area contributed by atoms with Gasteiger partial charge in [0.1, 0.15) is 21.3 Å². The highest BCUT2D eigenvalue weighted by atomic mass is 32.2. The van der Waals surface area contributed by atoms with Crippen LogP contribution < -0.4 is 9.47 Å². The fraction of sp³-hybridized carbons (Fsp3) is 0.447. The van der Waals surface area contributed by atoms with E-state index in [1.807, 2.05) is 114 Å². The van der Waals surface area contributed by atoms with Crippen molar-refractivity contribution in [1.29, 1.82) is 0 Å². The van der Waals surface area contributed by atoms with Crippen LogP contribution in [0.3, 0.4) is 0 Å². The van der Waals surface area contributed by atoms with Crippen LogP contribution in [0.1, 0.15) is 169 Å². The minimum absolute atomic E-state index is 0.00165. The normalized spacial score (nSPS) is 20.4. The minimum atomic E-state index is -4.13. The van der Waals surface area contributed by atoms with Gasteiger partial charge >= 0.3 is 20.2 Å². The summed E-state index contributed by atoms with van der Waals surface area (Å²) in [5.74, 6) is 1.63. The SMILES string of the molecule is CC(C)c1cc(C(C)C)c2c(c1)C(C)C/C(c1ccc(OCCCOc3ccc(/C4=N/OS(=O)(=O)c5c(C(C)C)cc(C(C)C)cc5C(C)C4)cc3)cc1)=N\OS2(=O)=O. The van der Waals surface area contributed by atoms with E-state index in [9.17, 15) is 16.8 Å². The van der Waals surface area contributed by atoms with E-state index in [4.69, 9.17) is 18.0 Å². The van der Waals surface area contributed by atoms with E-state index >= 15 is 0 Å². The summed E-state index contributed by atoms with van der Waals surface area (Å²) in [6.07, 6.45) is 1.65. The smallest absolute Gasteiger partial charge is 0.359 e. The van der Waals surface area contributed by atoms with Crippen molar-refractivity contribution < 1.29 is 34.9 Å². The quantitative estimate of drug-likeness (QED) is 0.129. The van der Waals surface area contributed by atoms with Crippen LogP contribution >= 0.6 is 0 Å². The lowest BCUT2D eigenvalue weighted by Crippen LogP contribution is -2.19. The molecule has 4 aromatic rings. The topological polar surface area (TPSA) is 130 Å². The Morgan fingerprint density at radius 2 is 0.915 bits per heavy atom. The summed E-state index contributed by atoms with van der Waals surface area (Å²) in [5.41, 5.74) is 7.89. The van der Waals surface area contributed by atoms with Gasteiger partial charge in [-0.25, -0.2) is 0 Å². The Balaban J connectivity index is 1.04. The van der Waals surface area contributed by atoms with E-state index in [0.29, 0.717) is 55.4 Å². The summed E-state index contributed by atoms with van der Waals surface area (Å²) in [7, 11) is -8.25. The minimum Gasteiger partial charge on any atom is -0.493 e. The first kappa shape index (κ1) is 43.9. The van der Waals surface area contributed by atoms with Crippen molar-refractivity contribution >= 4 is 31.7 Å². The van der Waals surface area contributed by atoms with Crippen molar-refractivity contribution in [3.63, 3.8) is 0 Å². The van der Waals surface area contributed by atoms with Crippen LogP contribution in [0, 0.1) is 0 Å². The molecule has 2 aliphatic heterocycles. The Labute approximate surface area is 351 Å². The molecule has 0 saturated carbocycles. The fourth-order valence-corrected chi connectivity index (χ4v) is 10.4. The summed E-state index contributed by atoms with van der Waals surface area (Å²) < 4.78 is 76.7. The molecule has 2 atom stereocenters. The van der Waals surface area contributed by atoms with Gasteiger partial charge in [0.2, 0.25) is 0 Å². The summed E-state index contributed by atoms with van der Waals surface area (Å²) in [6.45, 7) is 21.4. The lowest BCUT2D eigenvalue weighted by Gasteiger charge is -2.25. The number of ether oxygens (including phenoxy) is 2. The zero-order valence-corrected chi connectivity index (χ0v) is 37.5. The van der Waals surface area contributed by atoms with Crippen molar-refractivity contribution in [2.75, 3.05) is 13.2 Å². The molecule has 0 radical (unpaired) electrons. The number of nitrogens with zero attached hydrogens (tertiary/aromatic N) is 2. The highest BCUT2D eigenvalue weighted by Gasteiger charge is 2.34. The van der Waals surface area contributed by atoms with Crippen molar-refractivity contribution in [2.45, 2.75) is 134 Å². The molecule has 2 heterocycles. The molecule has 4 aromatic carbocycles. The van der Waals surface area contributed by atoms with Crippen LogP contribution in [0.25, 0.3) is 0 Å². The monoisotopic (exact) mass is 842 g/mol. The summed E-state index contributed by atoms with van der Waals surface area (Å²) in [4.78, 5) is 0.488. The molecule has 2 aliphatic rings. The number of benzene rings is 4. The van der Waals surface area contributed by atoms with Gasteiger partial charge in [-0.2, -0.15) is 16.8 Å². The maximum absolute atomic E-state index is 13.5. The first-order chi connectivity index (χ1) is 27.9. The van der Waals surface area contributed by atoms with Gasteiger partial charge in [-0.15, -0.1) is 0 Å². The fourth-order valence-electron chi connectivity index (χ4n) is 7.64. The van der Waals surface area contributed by atoms with Gasteiger partial charge in [0.25, 0.3) is 0 Å². The zero-order chi connectivity index (χ0) is 42.8. The summed E-state index contributed by atoms with van der Waals surface area (Å²) in [6, 6.07) is 22.9. The third-order valence-electron chi connectivity index (χ3n) is 11.2. The van der Waals surface area contributed by atoms with Gasteiger partial charge in [0.15, 0.2) is 0 Å². The van der Waals surface area contributed by atoms with E-state index in [1.165, 1.54) is 0 Å². The molecule has 0 amide bonds. The first-order valence-electron chi connectivity index (χ1n) is 20.7. The molecule has 316 valence electrons. The molecule has 12 heteroatoms.